The summed E-state index contributed by atoms with van der Waals surface area (Å²) in [5.41, 5.74) is 18.2. The van der Waals surface area contributed by atoms with Crippen molar-refractivity contribution in [2.45, 2.75) is 19.3 Å². The number of aromatic nitrogens is 2. The maximum absolute atomic E-state index is 2.43. The number of benzene rings is 10. The molecule has 0 unspecified atom stereocenters. The van der Waals surface area contributed by atoms with Crippen LogP contribution in [0.2, 0.25) is 0 Å². The Bertz CT molecular complexity index is 3780. The highest BCUT2D eigenvalue weighted by Crippen LogP contribution is 2.51. The molecule has 13 rings (SSSR count). The predicted octanol–water partition coefficient (Wildman–Crippen LogP) is 16.5. The van der Waals surface area contributed by atoms with E-state index in [1.54, 1.807) is 0 Å². The minimum Gasteiger partial charge on any atom is -0.310 e. The topological polar surface area (TPSA) is 13.1 Å². The largest absolute Gasteiger partial charge is 0.310 e. The van der Waals surface area contributed by atoms with Crippen molar-refractivity contribution in [1.29, 1.82) is 0 Å². The lowest BCUT2D eigenvalue weighted by molar-refractivity contribution is 0.660. The summed E-state index contributed by atoms with van der Waals surface area (Å²) < 4.78 is 4.84. The van der Waals surface area contributed by atoms with Crippen molar-refractivity contribution < 1.29 is 0 Å². The fourth-order valence-corrected chi connectivity index (χ4v) is 10.9. The first-order chi connectivity index (χ1) is 31.5. The average Bonchev–Trinajstić information content (AvgIpc) is 3.95. The number of para-hydroxylation sites is 4. The van der Waals surface area contributed by atoms with E-state index >= 15 is 0 Å². The quantitative estimate of drug-likeness (QED) is 0.163. The zero-order valence-electron chi connectivity index (χ0n) is 35.7. The number of nitrogens with zero attached hydrogens (tertiary/aromatic N) is 3. The zero-order valence-corrected chi connectivity index (χ0v) is 35.7. The maximum atomic E-state index is 2.43. The van der Waals surface area contributed by atoms with E-state index in [9.17, 15) is 0 Å². The molecule has 1 aliphatic rings. The van der Waals surface area contributed by atoms with Gasteiger partial charge in [0.1, 0.15) is 0 Å². The highest BCUT2D eigenvalue weighted by Gasteiger charge is 2.35. The van der Waals surface area contributed by atoms with Crippen LogP contribution in [0.4, 0.5) is 17.1 Å². The second kappa shape index (κ2) is 13.9. The number of hydrogen-bond acceptors (Lipinski definition) is 1. The summed E-state index contributed by atoms with van der Waals surface area (Å²) >= 11 is 0. The minimum atomic E-state index is -0.0885. The second-order valence-corrected chi connectivity index (χ2v) is 17.7. The van der Waals surface area contributed by atoms with Crippen LogP contribution in [0.5, 0.6) is 0 Å². The zero-order chi connectivity index (χ0) is 42.5. The van der Waals surface area contributed by atoms with Crippen LogP contribution in [0.15, 0.2) is 224 Å². The molecule has 0 saturated carbocycles. The molecule has 3 nitrogen and oxygen atoms in total. The third-order valence-electron chi connectivity index (χ3n) is 13.9. The van der Waals surface area contributed by atoms with Crippen LogP contribution in [0.25, 0.3) is 88.0 Å². The number of anilines is 3. The van der Waals surface area contributed by atoms with Gasteiger partial charge in [-0.3, -0.25) is 0 Å². The Hall–Kier alpha value is -8.14. The van der Waals surface area contributed by atoms with Crippen LogP contribution < -0.4 is 4.90 Å². The normalized spacial score (nSPS) is 13.0. The van der Waals surface area contributed by atoms with Crippen molar-refractivity contribution in [1.82, 2.24) is 9.13 Å². The van der Waals surface area contributed by atoms with E-state index in [0.29, 0.717) is 0 Å². The smallest absolute Gasteiger partial charge is 0.0547 e. The molecule has 0 spiro atoms. The molecule has 64 heavy (non-hydrogen) atoms. The van der Waals surface area contributed by atoms with Gasteiger partial charge in [-0.05, 0) is 135 Å². The van der Waals surface area contributed by atoms with E-state index in [4.69, 9.17) is 0 Å². The van der Waals surface area contributed by atoms with Crippen molar-refractivity contribution in [3.63, 3.8) is 0 Å². The van der Waals surface area contributed by atoms with E-state index in [1.807, 2.05) is 0 Å². The minimum absolute atomic E-state index is 0.0885. The molecular formula is C61H43N3. The summed E-state index contributed by atoms with van der Waals surface area (Å²) in [5.74, 6) is 0. The van der Waals surface area contributed by atoms with Gasteiger partial charge in [0, 0.05) is 55.4 Å². The van der Waals surface area contributed by atoms with Gasteiger partial charge in [0.2, 0.25) is 0 Å². The highest BCUT2D eigenvalue weighted by molar-refractivity contribution is 6.29. The number of fused-ring (bicyclic) bond motifs is 12. The molecule has 2 aromatic heterocycles. The van der Waals surface area contributed by atoms with Gasteiger partial charge in [-0.2, -0.15) is 0 Å². The Balaban J connectivity index is 0.978. The molecular weight excluding hydrogens is 775 g/mol. The Kier molecular flexibility index (Phi) is 7.95. The van der Waals surface area contributed by atoms with E-state index in [2.05, 4.69) is 252 Å². The van der Waals surface area contributed by atoms with E-state index in [1.165, 1.54) is 93.5 Å². The molecule has 1 aliphatic carbocycles. The first-order valence-electron chi connectivity index (χ1n) is 22.3. The van der Waals surface area contributed by atoms with Gasteiger partial charge < -0.3 is 14.0 Å². The summed E-state index contributed by atoms with van der Waals surface area (Å²) in [5, 5.41) is 7.57. The standard InChI is InChI=1S/C61H43N3/c1-61(2)53-24-14-12-22-47(53)48-32-31-46(39-54(48)61)62(42-16-6-3-7-17-42)45-29-26-40(27-30-45)41-28-35-56-52(38-41)60-50-34-36-57-59(49(50)33-37-58(60)64(56)44-20-10-5-11-21-44)51-23-13-15-25-55(51)63(57)43-18-8-4-9-19-43/h3-39H,1-2H3. The lowest BCUT2D eigenvalue weighted by Crippen LogP contribution is -2.16. The van der Waals surface area contributed by atoms with Crippen LogP contribution in [0.1, 0.15) is 25.0 Å². The second-order valence-electron chi connectivity index (χ2n) is 17.7. The van der Waals surface area contributed by atoms with Crippen molar-refractivity contribution in [2.75, 3.05) is 4.90 Å². The molecule has 0 atom stereocenters. The lowest BCUT2D eigenvalue weighted by Gasteiger charge is -2.28. The number of rotatable bonds is 6. The Labute approximate surface area is 372 Å². The third-order valence-corrected chi connectivity index (χ3v) is 13.9. The monoisotopic (exact) mass is 817 g/mol. The number of hydrogen-bond donors (Lipinski definition) is 0. The molecule has 0 fully saturated rings. The molecule has 0 bridgehead atoms. The SMILES string of the molecule is CC1(C)c2ccccc2-c2ccc(N(c3ccccc3)c3ccc(-c4ccc5c(c4)c4c6ccc7c(c6ccc4n5-c4ccccc4)c4ccccc4n7-c4ccccc4)cc3)cc21. The Morgan fingerprint density at radius 3 is 1.52 bits per heavy atom. The third kappa shape index (κ3) is 5.34. The van der Waals surface area contributed by atoms with Crippen LogP contribution in [-0.2, 0) is 5.41 Å². The average molecular weight is 818 g/mol. The molecule has 0 N–H and O–H groups in total. The lowest BCUT2D eigenvalue weighted by atomic mass is 9.82. The highest BCUT2D eigenvalue weighted by atomic mass is 15.1. The fourth-order valence-electron chi connectivity index (χ4n) is 10.9. The fraction of sp³-hybridized carbons (Fsp3) is 0.0492. The molecule has 2 heterocycles. The molecule has 3 heteroatoms. The van der Waals surface area contributed by atoms with Gasteiger partial charge in [0.05, 0.1) is 22.1 Å². The van der Waals surface area contributed by atoms with E-state index < -0.39 is 0 Å². The summed E-state index contributed by atoms with van der Waals surface area (Å²) in [6.07, 6.45) is 0. The van der Waals surface area contributed by atoms with Crippen molar-refractivity contribution >= 4 is 71.4 Å². The van der Waals surface area contributed by atoms with Crippen LogP contribution in [0, 0.1) is 0 Å². The van der Waals surface area contributed by atoms with Crippen molar-refractivity contribution in [2.24, 2.45) is 0 Å². The van der Waals surface area contributed by atoms with Crippen LogP contribution in [0.3, 0.4) is 0 Å². The van der Waals surface area contributed by atoms with E-state index in [-0.39, 0.29) is 5.41 Å². The van der Waals surface area contributed by atoms with Gasteiger partial charge in [0.25, 0.3) is 0 Å². The van der Waals surface area contributed by atoms with Crippen molar-refractivity contribution in [3.05, 3.63) is 236 Å². The first kappa shape index (κ1) is 36.5. The van der Waals surface area contributed by atoms with Gasteiger partial charge >= 0.3 is 0 Å². The summed E-state index contributed by atoms with van der Waals surface area (Å²) in [6, 6.07) is 82.5. The summed E-state index contributed by atoms with van der Waals surface area (Å²) in [6.45, 7) is 4.70. The molecule has 0 amide bonds. The molecule has 0 saturated heterocycles. The van der Waals surface area contributed by atoms with Crippen molar-refractivity contribution in [3.8, 4) is 33.6 Å². The first-order valence-corrected chi connectivity index (χ1v) is 22.3. The summed E-state index contributed by atoms with van der Waals surface area (Å²) in [7, 11) is 0. The van der Waals surface area contributed by atoms with Crippen LogP contribution in [-0.4, -0.2) is 9.13 Å². The predicted molar refractivity (Wildman–Crippen MR) is 270 cm³/mol. The van der Waals surface area contributed by atoms with E-state index in [0.717, 1.165) is 22.7 Å². The van der Waals surface area contributed by atoms with Gasteiger partial charge in [0.15, 0.2) is 0 Å². The molecule has 302 valence electrons. The molecule has 10 aromatic carbocycles. The summed E-state index contributed by atoms with van der Waals surface area (Å²) in [4.78, 5) is 2.39. The molecule has 0 aliphatic heterocycles. The van der Waals surface area contributed by atoms with Gasteiger partial charge in [-0.25, -0.2) is 0 Å². The maximum Gasteiger partial charge on any atom is 0.0547 e. The van der Waals surface area contributed by atoms with Gasteiger partial charge in [-0.1, -0.05) is 147 Å². The van der Waals surface area contributed by atoms with Crippen LogP contribution >= 0.6 is 0 Å². The van der Waals surface area contributed by atoms with Gasteiger partial charge in [-0.15, -0.1) is 0 Å². The Morgan fingerprint density at radius 2 is 0.828 bits per heavy atom. The molecule has 0 radical (unpaired) electrons. The molecule has 12 aromatic rings. The Morgan fingerprint density at radius 1 is 0.328 bits per heavy atom.